The van der Waals surface area contributed by atoms with Gasteiger partial charge in [-0.3, -0.25) is 0 Å². The van der Waals surface area contributed by atoms with Crippen molar-refractivity contribution >= 4 is 17.9 Å². The number of rotatable bonds is 9. The van der Waals surface area contributed by atoms with Crippen LogP contribution in [0.25, 0.3) is 0 Å². The van der Waals surface area contributed by atoms with Crippen LogP contribution in [0.5, 0.6) is 0 Å². The van der Waals surface area contributed by atoms with E-state index in [1.54, 1.807) is 0 Å². The van der Waals surface area contributed by atoms with Gasteiger partial charge >= 0.3 is 0 Å². The number of carbonyl (C=O) groups is 1. The van der Waals surface area contributed by atoms with Crippen LogP contribution >= 0.6 is 11.6 Å². The molecule has 2 atom stereocenters. The highest BCUT2D eigenvalue weighted by molar-refractivity contribution is 6.29. The molecule has 0 aliphatic heterocycles. The van der Waals surface area contributed by atoms with Crippen LogP contribution in [0.4, 0.5) is 0 Å². The van der Waals surface area contributed by atoms with Crippen LogP contribution in [0.2, 0.25) is 0 Å². The smallest absolute Gasteiger partial charge is 0.136 e. The predicted octanol–water partition coefficient (Wildman–Crippen LogP) is 3.89. The summed E-state index contributed by atoms with van der Waals surface area (Å²) in [7, 11) is 0. The van der Waals surface area contributed by atoms with Crippen LogP contribution < -0.4 is 5.32 Å². The maximum Gasteiger partial charge on any atom is 0.136 e. The van der Waals surface area contributed by atoms with Crippen LogP contribution in [0, 0.1) is 5.92 Å². The van der Waals surface area contributed by atoms with E-state index in [0.29, 0.717) is 12.0 Å². The summed E-state index contributed by atoms with van der Waals surface area (Å²) in [5.41, 5.74) is 0. The lowest BCUT2D eigenvalue weighted by atomic mass is 9.96. The Morgan fingerprint density at radius 2 is 2.00 bits per heavy atom. The Morgan fingerprint density at radius 1 is 1.35 bits per heavy atom. The molecule has 0 spiro atoms. The Hall–Kier alpha value is -0.340. The first-order chi connectivity index (χ1) is 8.03. The molecule has 0 aromatic rings. The average molecular weight is 260 g/mol. The predicted molar refractivity (Wildman–Crippen MR) is 75.4 cm³/mol. The van der Waals surface area contributed by atoms with Crippen molar-refractivity contribution < 1.29 is 4.79 Å². The van der Waals surface area contributed by atoms with Crippen LogP contribution in [-0.4, -0.2) is 18.4 Å². The molecule has 100 valence electrons. The molecule has 0 aromatic heterocycles. The van der Waals surface area contributed by atoms with E-state index in [-0.39, 0.29) is 6.04 Å². The van der Waals surface area contributed by atoms with Crippen LogP contribution in [0.1, 0.15) is 53.4 Å². The normalized spacial score (nSPS) is 16.0. The number of hydrogen-bond donors (Lipinski definition) is 1. The summed E-state index contributed by atoms with van der Waals surface area (Å²) < 4.78 is 0. The zero-order chi connectivity index (χ0) is 13.3. The third kappa shape index (κ3) is 8.39. The van der Waals surface area contributed by atoms with Gasteiger partial charge in [0, 0.05) is 11.1 Å². The fraction of sp³-hybridized carbons (Fsp3) is 0.786. The minimum absolute atomic E-state index is 0.0673. The average Bonchev–Trinajstić information content (AvgIpc) is 2.26. The molecule has 0 saturated heterocycles. The van der Waals surface area contributed by atoms with Crippen LogP contribution in [0.3, 0.4) is 0 Å². The molecule has 1 N–H and O–H groups in total. The van der Waals surface area contributed by atoms with Crippen molar-refractivity contribution in [2.45, 2.75) is 65.5 Å². The van der Waals surface area contributed by atoms with Gasteiger partial charge in [0.2, 0.25) is 0 Å². The highest BCUT2D eigenvalue weighted by Gasteiger charge is 2.14. The Morgan fingerprint density at radius 3 is 2.41 bits per heavy atom. The summed E-state index contributed by atoms with van der Waals surface area (Å²) >= 11 is 6.14. The molecular formula is C14H26ClNO. The number of halogens is 1. The minimum Gasteiger partial charge on any atom is -0.305 e. The lowest BCUT2D eigenvalue weighted by molar-refractivity contribution is -0.110. The Labute approximate surface area is 111 Å². The van der Waals surface area contributed by atoms with Gasteiger partial charge in [-0.15, -0.1) is 0 Å². The van der Waals surface area contributed by atoms with Gasteiger partial charge in [-0.25, -0.2) is 0 Å². The molecule has 0 saturated carbocycles. The molecule has 0 aliphatic rings. The van der Waals surface area contributed by atoms with Gasteiger partial charge in [0.25, 0.3) is 0 Å². The maximum atomic E-state index is 11.0. The largest absolute Gasteiger partial charge is 0.305 e. The molecule has 0 radical (unpaired) electrons. The zero-order valence-electron chi connectivity index (χ0n) is 11.5. The van der Waals surface area contributed by atoms with E-state index < -0.39 is 0 Å². The highest BCUT2D eigenvalue weighted by Crippen LogP contribution is 2.19. The molecule has 3 heteroatoms. The summed E-state index contributed by atoms with van der Waals surface area (Å²) in [6.45, 7) is 8.36. The van der Waals surface area contributed by atoms with E-state index in [9.17, 15) is 4.79 Å². The first-order valence-electron chi connectivity index (χ1n) is 6.60. The third-order valence-corrected chi connectivity index (χ3v) is 3.01. The van der Waals surface area contributed by atoms with Crippen molar-refractivity contribution in [1.29, 1.82) is 0 Å². The number of allylic oxidation sites excluding steroid dienone is 2. The minimum atomic E-state index is -0.0673. The maximum absolute atomic E-state index is 11.0. The Balaban J connectivity index is 4.35. The summed E-state index contributed by atoms with van der Waals surface area (Å²) in [6.07, 6.45) is 6.96. The van der Waals surface area contributed by atoms with Gasteiger partial charge in [0.05, 0.1) is 6.04 Å². The third-order valence-electron chi connectivity index (χ3n) is 2.70. The van der Waals surface area contributed by atoms with Crippen molar-refractivity contribution in [3.8, 4) is 0 Å². The fourth-order valence-electron chi connectivity index (χ4n) is 1.85. The second kappa shape index (κ2) is 9.67. The number of aldehydes is 1. The van der Waals surface area contributed by atoms with Crippen molar-refractivity contribution in [2.24, 2.45) is 5.92 Å². The summed E-state index contributed by atoms with van der Waals surface area (Å²) in [4.78, 5) is 11.0. The zero-order valence-corrected chi connectivity index (χ0v) is 12.3. The first kappa shape index (κ1) is 16.7. The molecule has 0 fully saturated rings. The second-order valence-corrected chi connectivity index (χ2v) is 5.32. The van der Waals surface area contributed by atoms with Crippen molar-refractivity contribution in [3.05, 3.63) is 11.1 Å². The van der Waals surface area contributed by atoms with Gasteiger partial charge in [0.1, 0.15) is 6.29 Å². The summed E-state index contributed by atoms with van der Waals surface area (Å²) in [5, 5.41) is 4.18. The van der Waals surface area contributed by atoms with Gasteiger partial charge in [-0.1, -0.05) is 51.8 Å². The Kier molecular flexibility index (Phi) is 9.47. The van der Waals surface area contributed by atoms with Crippen LogP contribution in [0.15, 0.2) is 11.1 Å². The SMILES string of the molecule is CCC/C(Cl)=C\C(CC)C[C@H](C=O)NC(C)C. The van der Waals surface area contributed by atoms with Crippen molar-refractivity contribution in [2.75, 3.05) is 0 Å². The molecule has 0 bridgehead atoms. The summed E-state index contributed by atoms with van der Waals surface area (Å²) in [5.74, 6) is 0.385. The number of nitrogens with one attached hydrogen (secondary N) is 1. The van der Waals surface area contributed by atoms with E-state index in [1.807, 2.05) is 0 Å². The van der Waals surface area contributed by atoms with E-state index in [4.69, 9.17) is 11.6 Å². The summed E-state index contributed by atoms with van der Waals surface area (Å²) in [6, 6.07) is 0.264. The lowest BCUT2D eigenvalue weighted by Crippen LogP contribution is -2.37. The van der Waals surface area contributed by atoms with Gasteiger partial charge in [-0.2, -0.15) is 0 Å². The molecule has 2 nitrogen and oxygen atoms in total. The number of carbonyl (C=O) groups excluding carboxylic acids is 1. The molecule has 0 aromatic carbocycles. The number of hydrogen-bond acceptors (Lipinski definition) is 2. The molecule has 0 aliphatic carbocycles. The topological polar surface area (TPSA) is 29.1 Å². The molecule has 0 amide bonds. The van der Waals surface area contributed by atoms with E-state index in [2.05, 4.69) is 39.1 Å². The monoisotopic (exact) mass is 259 g/mol. The second-order valence-electron chi connectivity index (χ2n) is 4.83. The lowest BCUT2D eigenvalue weighted by Gasteiger charge is -2.19. The van der Waals surface area contributed by atoms with Crippen molar-refractivity contribution in [1.82, 2.24) is 5.32 Å². The van der Waals surface area contributed by atoms with Gasteiger partial charge in [-0.05, 0) is 25.2 Å². The highest BCUT2D eigenvalue weighted by atomic mass is 35.5. The van der Waals surface area contributed by atoms with Gasteiger partial charge in [0.15, 0.2) is 0 Å². The molecule has 1 unspecified atom stereocenters. The molecular weight excluding hydrogens is 234 g/mol. The van der Waals surface area contributed by atoms with E-state index in [1.165, 1.54) is 0 Å². The molecule has 0 rings (SSSR count). The molecule has 0 heterocycles. The standard InChI is InChI=1S/C14H26ClNO/c1-5-7-13(15)8-12(6-2)9-14(10-17)16-11(3)4/h8,10-12,14,16H,5-7,9H2,1-4H3/b13-8+/t12?,14-/m1/s1. The van der Waals surface area contributed by atoms with E-state index in [0.717, 1.165) is 37.0 Å². The van der Waals surface area contributed by atoms with Crippen LogP contribution in [-0.2, 0) is 4.79 Å². The van der Waals surface area contributed by atoms with Gasteiger partial charge < -0.3 is 10.1 Å². The molecule has 17 heavy (non-hydrogen) atoms. The quantitative estimate of drug-likeness (QED) is 0.637. The first-order valence-corrected chi connectivity index (χ1v) is 6.98. The van der Waals surface area contributed by atoms with E-state index >= 15 is 0 Å². The van der Waals surface area contributed by atoms with Crippen molar-refractivity contribution in [3.63, 3.8) is 0 Å². The Bertz CT molecular complexity index is 238. The fourth-order valence-corrected chi connectivity index (χ4v) is 2.21.